The number of imidazole rings is 1. The van der Waals surface area contributed by atoms with Gasteiger partial charge in [-0.3, -0.25) is 9.59 Å². The SMILES string of the molecule is CC(C)n1cnc(C(=O)N2C[C@@H]3C(C(=O)NC4(C#N)CC4)[C@@H]3C2)c1. The van der Waals surface area contributed by atoms with Crippen molar-refractivity contribution >= 4 is 11.8 Å². The molecule has 2 aliphatic carbocycles. The van der Waals surface area contributed by atoms with E-state index in [1.807, 2.05) is 18.4 Å². The van der Waals surface area contributed by atoms with Crippen LogP contribution in [0.4, 0.5) is 0 Å². The molecule has 0 bridgehead atoms. The van der Waals surface area contributed by atoms with E-state index in [1.54, 1.807) is 17.4 Å². The van der Waals surface area contributed by atoms with Gasteiger partial charge >= 0.3 is 0 Å². The fourth-order valence-corrected chi connectivity index (χ4v) is 3.68. The molecule has 126 valence electrons. The maximum Gasteiger partial charge on any atom is 0.274 e. The van der Waals surface area contributed by atoms with Crippen molar-refractivity contribution in [3.63, 3.8) is 0 Å². The van der Waals surface area contributed by atoms with Crippen LogP contribution in [-0.4, -0.2) is 44.9 Å². The molecule has 1 N–H and O–H groups in total. The number of hydrogen-bond acceptors (Lipinski definition) is 4. The molecule has 1 aromatic heterocycles. The van der Waals surface area contributed by atoms with Gasteiger partial charge in [0.25, 0.3) is 5.91 Å². The predicted octanol–water partition coefficient (Wildman–Crippen LogP) is 0.954. The lowest BCUT2D eigenvalue weighted by molar-refractivity contribution is -0.123. The number of fused-ring (bicyclic) bond motifs is 1. The average molecular weight is 327 g/mol. The summed E-state index contributed by atoms with van der Waals surface area (Å²) in [4.78, 5) is 30.8. The summed E-state index contributed by atoms with van der Waals surface area (Å²) in [5.74, 6) is 0.357. The number of carbonyl (C=O) groups is 2. The first-order chi connectivity index (χ1) is 11.4. The van der Waals surface area contributed by atoms with E-state index in [-0.39, 0.29) is 35.6 Å². The Labute approximate surface area is 140 Å². The number of nitrogens with zero attached hydrogens (tertiary/aromatic N) is 4. The lowest BCUT2D eigenvalue weighted by atomic mass is 10.2. The van der Waals surface area contributed by atoms with Crippen LogP contribution in [0.25, 0.3) is 0 Å². The van der Waals surface area contributed by atoms with Crippen molar-refractivity contribution in [3.8, 4) is 6.07 Å². The second kappa shape index (κ2) is 5.07. The van der Waals surface area contributed by atoms with Crippen molar-refractivity contribution in [1.82, 2.24) is 19.8 Å². The molecule has 24 heavy (non-hydrogen) atoms. The van der Waals surface area contributed by atoms with E-state index in [0.29, 0.717) is 18.8 Å². The van der Waals surface area contributed by atoms with Crippen molar-refractivity contribution in [3.05, 3.63) is 18.2 Å². The quantitative estimate of drug-likeness (QED) is 0.891. The maximum atomic E-state index is 12.5. The first-order valence-electron chi connectivity index (χ1n) is 8.50. The van der Waals surface area contributed by atoms with Crippen LogP contribution < -0.4 is 5.32 Å². The van der Waals surface area contributed by atoms with Crippen LogP contribution in [0.15, 0.2) is 12.5 Å². The summed E-state index contributed by atoms with van der Waals surface area (Å²) in [6.45, 7) is 5.29. The Morgan fingerprint density at radius 2 is 2.04 bits per heavy atom. The third kappa shape index (κ3) is 2.37. The predicted molar refractivity (Wildman–Crippen MR) is 84.7 cm³/mol. The monoisotopic (exact) mass is 327 g/mol. The number of carbonyl (C=O) groups excluding carboxylic acids is 2. The number of hydrogen-bond donors (Lipinski definition) is 1. The average Bonchev–Trinajstić information content (AvgIpc) is 3.33. The van der Waals surface area contributed by atoms with Crippen molar-refractivity contribution < 1.29 is 9.59 Å². The van der Waals surface area contributed by atoms with Crippen LogP contribution in [0.2, 0.25) is 0 Å². The molecule has 2 heterocycles. The number of nitrogens with one attached hydrogen (secondary N) is 1. The number of aromatic nitrogens is 2. The summed E-state index contributed by atoms with van der Waals surface area (Å²) in [5, 5.41) is 11.9. The summed E-state index contributed by atoms with van der Waals surface area (Å²) < 4.78 is 1.91. The van der Waals surface area contributed by atoms with Gasteiger partial charge in [-0.1, -0.05) is 0 Å². The van der Waals surface area contributed by atoms with Crippen LogP contribution >= 0.6 is 0 Å². The summed E-state index contributed by atoms with van der Waals surface area (Å²) in [7, 11) is 0. The number of amides is 2. The van der Waals surface area contributed by atoms with Crippen molar-refractivity contribution in [2.45, 2.75) is 38.3 Å². The fraction of sp³-hybridized carbons (Fsp3) is 0.647. The third-order valence-corrected chi connectivity index (χ3v) is 5.53. The van der Waals surface area contributed by atoms with Gasteiger partial charge in [0.1, 0.15) is 11.2 Å². The molecule has 1 unspecified atom stereocenters. The zero-order valence-corrected chi connectivity index (χ0v) is 13.9. The van der Waals surface area contributed by atoms with Gasteiger partial charge in [-0.05, 0) is 38.5 Å². The van der Waals surface area contributed by atoms with E-state index in [4.69, 9.17) is 5.26 Å². The third-order valence-electron chi connectivity index (χ3n) is 5.53. The minimum Gasteiger partial charge on any atom is -0.338 e. The molecule has 2 saturated carbocycles. The first kappa shape index (κ1) is 15.2. The highest BCUT2D eigenvalue weighted by atomic mass is 16.2. The Balaban J connectivity index is 1.34. The van der Waals surface area contributed by atoms with Gasteiger partial charge in [0.05, 0.1) is 12.4 Å². The zero-order valence-electron chi connectivity index (χ0n) is 13.9. The van der Waals surface area contributed by atoms with Gasteiger partial charge in [-0.15, -0.1) is 0 Å². The second-order valence-electron chi connectivity index (χ2n) is 7.55. The Hall–Kier alpha value is -2.36. The lowest BCUT2D eigenvalue weighted by Gasteiger charge is -2.19. The Kier molecular flexibility index (Phi) is 3.21. The van der Waals surface area contributed by atoms with Crippen LogP contribution in [0.1, 0.15) is 43.2 Å². The highest BCUT2D eigenvalue weighted by molar-refractivity contribution is 5.93. The van der Waals surface area contributed by atoms with Gasteiger partial charge in [0.15, 0.2) is 0 Å². The smallest absolute Gasteiger partial charge is 0.274 e. The minimum atomic E-state index is -0.604. The molecule has 0 spiro atoms. The molecule has 2 amide bonds. The second-order valence-corrected chi connectivity index (χ2v) is 7.55. The molecule has 7 nitrogen and oxygen atoms in total. The van der Waals surface area contributed by atoms with Gasteiger partial charge in [-0.25, -0.2) is 4.98 Å². The van der Waals surface area contributed by atoms with E-state index in [9.17, 15) is 9.59 Å². The Bertz CT molecular complexity index is 730. The van der Waals surface area contributed by atoms with E-state index in [2.05, 4.69) is 16.4 Å². The van der Waals surface area contributed by atoms with E-state index in [1.165, 1.54) is 0 Å². The van der Waals surface area contributed by atoms with E-state index < -0.39 is 5.54 Å². The number of likely N-dealkylation sites (tertiary alicyclic amines) is 1. The Morgan fingerprint density at radius 1 is 1.38 bits per heavy atom. The van der Waals surface area contributed by atoms with Crippen LogP contribution in [0, 0.1) is 29.1 Å². The molecule has 0 radical (unpaired) electrons. The van der Waals surface area contributed by atoms with Gasteiger partial charge in [0, 0.05) is 31.2 Å². The summed E-state index contributed by atoms with van der Waals surface area (Å²) in [6, 6.07) is 2.46. The van der Waals surface area contributed by atoms with Gasteiger partial charge in [0.2, 0.25) is 5.91 Å². The van der Waals surface area contributed by atoms with E-state index >= 15 is 0 Å². The van der Waals surface area contributed by atoms with Crippen LogP contribution in [0.3, 0.4) is 0 Å². The van der Waals surface area contributed by atoms with Crippen molar-refractivity contribution in [2.75, 3.05) is 13.1 Å². The van der Waals surface area contributed by atoms with Crippen LogP contribution in [-0.2, 0) is 4.79 Å². The summed E-state index contributed by atoms with van der Waals surface area (Å²) in [5.41, 5.74) is -0.139. The number of rotatable bonds is 4. The highest BCUT2D eigenvalue weighted by Crippen LogP contribution is 2.52. The standard InChI is InChI=1S/C17H21N5O2/c1-10(2)22-7-13(19-9-22)16(24)21-5-11-12(6-21)14(11)15(23)20-17(8-18)3-4-17/h7,9-12,14H,3-6H2,1-2H3,(H,20,23)/t11-,12+,14?. The molecule has 1 aromatic rings. The molecule has 3 atom stereocenters. The summed E-state index contributed by atoms with van der Waals surface area (Å²) in [6.07, 6.45) is 4.97. The zero-order chi connectivity index (χ0) is 17.1. The normalized spacial score (nSPS) is 29.1. The van der Waals surface area contributed by atoms with E-state index in [0.717, 1.165) is 12.8 Å². The molecule has 4 rings (SSSR count). The number of nitriles is 1. The molecular weight excluding hydrogens is 306 g/mol. The van der Waals surface area contributed by atoms with Crippen LogP contribution in [0.5, 0.6) is 0 Å². The fourth-order valence-electron chi connectivity index (χ4n) is 3.68. The molecule has 3 fully saturated rings. The molecule has 0 aromatic carbocycles. The topological polar surface area (TPSA) is 91.0 Å². The minimum absolute atomic E-state index is 0.0137. The maximum absolute atomic E-state index is 12.5. The van der Waals surface area contributed by atoms with Crippen molar-refractivity contribution in [1.29, 1.82) is 5.26 Å². The van der Waals surface area contributed by atoms with Crippen molar-refractivity contribution in [2.24, 2.45) is 17.8 Å². The molecular formula is C17H21N5O2. The summed E-state index contributed by atoms with van der Waals surface area (Å²) >= 11 is 0. The van der Waals surface area contributed by atoms with Gasteiger partial charge in [-0.2, -0.15) is 5.26 Å². The Morgan fingerprint density at radius 3 is 2.54 bits per heavy atom. The first-order valence-corrected chi connectivity index (χ1v) is 8.50. The molecule has 1 aliphatic heterocycles. The molecule has 1 saturated heterocycles. The molecule has 3 aliphatic rings. The largest absolute Gasteiger partial charge is 0.338 e. The lowest BCUT2D eigenvalue weighted by Crippen LogP contribution is -2.40. The number of piperidine rings is 1. The van der Waals surface area contributed by atoms with Gasteiger partial charge < -0.3 is 14.8 Å². The molecule has 7 heteroatoms. The highest BCUT2D eigenvalue weighted by Gasteiger charge is 2.61.